The molecule has 23 heavy (non-hydrogen) atoms. The van der Waals surface area contributed by atoms with Crippen molar-refractivity contribution >= 4 is 39.1 Å². The van der Waals surface area contributed by atoms with Gasteiger partial charge in [0.1, 0.15) is 11.7 Å². The van der Waals surface area contributed by atoms with Crippen molar-refractivity contribution in [3.63, 3.8) is 0 Å². The number of amides is 1. The fraction of sp³-hybridized carbons (Fsp3) is 0.143. The number of amidine groups is 1. The number of sulfonamides is 1. The van der Waals surface area contributed by atoms with Crippen molar-refractivity contribution in [2.24, 2.45) is 4.40 Å². The third-order valence-electron chi connectivity index (χ3n) is 3.27. The Kier molecular flexibility index (Phi) is 3.95. The molecular formula is C14H11ClFN3O3S. The summed E-state index contributed by atoms with van der Waals surface area (Å²) in [5, 5.41) is 2.67. The third kappa shape index (κ3) is 3.43. The molecule has 1 N–H and O–H groups in total. The molecule has 1 aromatic carbocycles. The Labute approximate surface area is 137 Å². The van der Waals surface area contributed by atoms with Gasteiger partial charge in [0.25, 0.3) is 15.9 Å². The quantitative estimate of drug-likeness (QED) is 0.879. The third-order valence-corrected chi connectivity index (χ3v) is 4.74. The van der Waals surface area contributed by atoms with Crippen molar-refractivity contribution in [1.82, 2.24) is 4.90 Å². The molecule has 3 rings (SSSR count). The fourth-order valence-electron chi connectivity index (χ4n) is 2.12. The summed E-state index contributed by atoms with van der Waals surface area (Å²) in [6.45, 7) is 0.222. The Morgan fingerprint density at radius 3 is 2.87 bits per heavy atom. The van der Waals surface area contributed by atoms with Crippen LogP contribution < -0.4 is 5.32 Å². The SMILES string of the molecule is O=C(Nc1ccc(F)cc1Cl)C1=CN2CCS(=O)(=O)N=C2C=C1. The van der Waals surface area contributed by atoms with Gasteiger partial charge in [0, 0.05) is 12.7 Å². The number of halogens is 2. The molecule has 0 saturated heterocycles. The van der Waals surface area contributed by atoms with Gasteiger partial charge in [-0.15, -0.1) is 4.40 Å². The molecule has 6 nitrogen and oxygen atoms in total. The van der Waals surface area contributed by atoms with Crippen LogP contribution in [0.1, 0.15) is 0 Å². The summed E-state index contributed by atoms with van der Waals surface area (Å²) in [4.78, 5) is 13.8. The van der Waals surface area contributed by atoms with Gasteiger partial charge < -0.3 is 10.2 Å². The van der Waals surface area contributed by atoms with E-state index in [9.17, 15) is 17.6 Å². The largest absolute Gasteiger partial charge is 0.330 e. The van der Waals surface area contributed by atoms with Crippen molar-refractivity contribution in [2.75, 3.05) is 17.6 Å². The van der Waals surface area contributed by atoms with E-state index in [4.69, 9.17) is 11.6 Å². The Hall–Kier alpha value is -2.19. The first-order chi connectivity index (χ1) is 10.8. The highest BCUT2D eigenvalue weighted by atomic mass is 35.5. The predicted molar refractivity (Wildman–Crippen MR) is 85.2 cm³/mol. The molecule has 120 valence electrons. The normalized spacial score (nSPS) is 18.8. The Morgan fingerprint density at radius 2 is 2.13 bits per heavy atom. The van der Waals surface area contributed by atoms with Gasteiger partial charge in [0.15, 0.2) is 0 Å². The Balaban J connectivity index is 1.80. The second kappa shape index (κ2) is 5.78. The summed E-state index contributed by atoms with van der Waals surface area (Å²) in [7, 11) is -3.44. The maximum atomic E-state index is 13.0. The van der Waals surface area contributed by atoms with E-state index < -0.39 is 21.7 Å². The van der Waals surface area contributed by atoms with Gasteiger partial charge in [-0.05, 0) is 30.4 Å². The number of benzene rings is 1. The topological polar surface area (TPSA) is 78.8 Å². The van der Waals surface area contributed by atoms with Crippen molar-refractivity contribution < 1.29 is 17.6 Å². The minimum atomic E-state index is -3.44. The molecule has 1 amide bonds. The first-order valence-corrected chi connectivity index (χ1v) is 8.58. The van der Waals surface area contributed by atoms with Crippen LogP contribution in [-0.2, 0) is 14.8 Å². The van der Waals surface area contributed by atoms with Crippen LogP contribution in [0.2, 0.25) is 5.02 Å². The van der Waals surface area contributed by atoms with Crippen LogP contribution in [0.3, 0.4) is 0 Å². The summed E-state index contributed by atoms with van der Waals surface area (Å²) in [5.74, 6) is -0.783. The zero-order chi connectivity index (χ0) is 16.6. The number of anilines is 1. The van der Waals surface area contributed by atoms with Gasteiger partial charge in [0.05, 0.1) is 22.0 Å². The highest BCUT2D eigenvalue weighted by Crippen LogP contribution is 2.24. The number of fused-ring (bicyclic) bond motifs is 1. The number of rotatable bonds is 2. The molecule has 2 heterocycles. The summed E-state index contributed by atoms with van der Waals surface area (Å²) < 4.78 is 39.5. The second-order valence-electron chi connectivity index (χ2n) is 4.92. The summed E-state index contributed by atoms with van der Waals surface area (Å²) in [5.41, 5.74) is 0.594. The van der Waals surface area contributed by atoms with Crippen LogP contribution in [0.25, 0.3) is 0 Å². The van der Waals surface area contributed by atoms with E-state index in [2.05, 4.69) is 9.71 Å². The van der Waals surface area contributed by atoms with Crippen LogP contribution in [-0.4, -0.2) is 37.4 Å². The number of carbonyl (C=O) groups is 1. The van der Waals surface area contributed by atoms with Gasteiger partial charge in [-0.25, -0.2) is 12.8 Å². The summed E-state index contributed by atoms with van der Waals surface area (Å²) >= 11 is 5.87. The lowest BCUT2D eigenvalue weighted by atomic mass is 10.1. The number of carbonyl (C=O) groups excluding carboxylic acids is 1. The lowest BCUT2D eigenvalue weighted by molar-refractivity contribution is -0.112. The van der Waals surface area contributed by atoms with Crippen molar-refractivity contribution in [3.05, 3.63) is 53.0 Å². The molecule has 0 bridgehead atoms. The lowest BCUT2D eigenvalue weighted by Crippen LogP contribution is -2.37. The number of nitrogens with zero attached hydrogens (tertiary/aromatic N) is 2. The van der Waals surface area contributed by atoms with Crippen molar-refractivity contribution in [1.29, 1.82) is 0 Å². The maximum Gasteiger partial charge on any atom is 0.257 e. The average molecular weight is 356 g/mol. The van der Waals surface area contributed by atoms with E-state index in [-0.39, 0.29) is 28.8 Å². The first-order valence-electron chi connectivity index (χ1n) is 6.60. The highest BCUT2D eigenvalue weighted by Gasteiger charge is 2.25. The molecule has 9 heteroatoms. The number of hydrogen-bond donors (Lipinski definition) is 1. The lowest BCUT2D eigenvalue weighted by Gasteiger charge is -2.27. The second-order valence-corrected chi connectivity index (χ2v) is 7.09. The Bertz CT molecular complexity index is 877. The molecule has 2 aliphatic rings. The summed E-state index contributed by atoms with van der Waals surface area (Å²) in [6, 6.07) is 3.65. The molecule has 0 radical (unpaired) electrons. The van der Waals surface area contributed by atoms with Gasteiger partial charge >= 0.3 is 0 Å². The molecule has 0 spiro atoms. The monoisotopic (exact) mass is 355 g/mol. The van der Waals surface area contributed by atoms with Crippen LogP contribution in [0.15, 0.2) is 46.5 Å². The molecule has 2 aliphatic heterocycles. The molecular weight excluding hydrogens is 345 g/mol. The van der Waals surface area contributed by atoms with Crippen LogP contribution in [0, 0.1) is 5.82 Å². The molecule has 0 saturated carbocycles. The van der Waals surface area contributed by atoms with Crippen molar-refractivity contribution in [2.45, 2.75) is 0 Å². The minimum Gasteiger partial charge on any atom is -0.330 e. The van der Waals surface area contributed by atoms with Crippen molar-refractivity contribution in [3.8, 4) is 0 Å². The Morgan fingerprint density at radius 1 is 1.35 bits per heavy atom. The van der Waals surface area contributed by atoms with Gasteiger partial charge in [0.2, 0.25) is 0 Å². The highest BCUT2D eigenvalue weighted by molar-refractivity contribution is 7.90. The fourth-order valence-corrected chi connectivity index (χ4v) is 3.30. The molecule has 0 aromatic heterocycles. The maximum absolute atomic E-state index is 13.0. The zero-order valence-corrected chi connectivity index (χ0v) is 13.2. The van der Waals surface area contributed by atoms with Gasteiger partial charge in [-0.2, -0.15) is 0 Å². The minimum absolute atomic E-state index is 0.0880. The number of nitrogens with one attached hydrogen (secondary N) is 1. The van der Waals surface area contributed by atoms with E-state index in [0.717, 1.165) is 6.07 Å². The predicted octanol–water partition coefficient (Wildman–Crippen LogP) is 1.92. The summed E-state index contributed by atoms with van der Waals surface area (Å²) in [6.07, 6.45) is 4.43. The van der Waals surface area contributed by atoms with Crippen LogP contribution >= 0.6 is 11.6 Å². The number of hydrogen-bond acceptors (Lipinski definition) is 4. The standard InChI is InChI=1S/C14H11ClFN3O3S/c15-11-7-10(16)2-3-12(11)17-14(20)9-1-4-13-18-23(21,22)6-5-19(13)8-9/h1-4,7-8H,5-6H2,(H,17,20). The van der Waals surface area contributed by atoms with Crippen LogP contribution in [0.5, 0.6) is 0 Å². The smallest absolute Gasteiger partial charge is 0.257 e. The van der Waals surface area contributed by atoms with E-state index in [0.29, 0.717) is 5.57 Å². The van der Waals surface area contributed by atoms with Gasteiger partial charge in [-0.3, -0.25) is 4.79 Å². The molecule has 0 atom stereocenters. The van der Waals surface area contributed by atoms with E-state index in [1.165, 1.54) is 30.5 Å². The molecule has 1 aromatic rings. The average Bonchev–Trinajstić information content (AvgIpc) is 2.48. The molecule has 0 unspecified atom stereocenters. The van der Waals surface area contributed by atoms with E-state index >= 15 is 0 Å². The first kappa shape index (κ1) is 15.7. The zero-order valence-electron chi connectivity index (χ0n) is 11.7. The van der Waals surface area contributed by atoms with E-state index in [1.54, 1.807) is 4.90 Å². The molecule has 0 fully saturated rings. The van der Waals surface area contributed by atoms with Gasteiger partial charge in [-0.1, -0.05) is 11.6 Å². The van der Waals surface area contributed by atoms with E-state index in [1.807, 2.05) is 0 Å². The molecule has 0 aliphatic carbocycles. The van der Waals surface area contributed by atoms with Crippen LogP contribution in [0.4, 0.5) is 10.1 Å².